The molecule has 0 spiro atoms. The summed E-state index contributed by atoms with van der Waals surface area (Å²) in [5, 5.41) is 11.0. The summed E-state index contributed by atoms with van der Waals surface area (Å²) in [4.78, 5) is 19.8. The number of rotatable bonds is 9. The number of benzene rings is 3. The lowest BCUT2D eigenvalue weighted by Gasteiger charge is -2.16. The number of hydrogen-bond donors (Lipinski definition) is 1. The zero-order chi connectivity index (χ0) is 26.8. The van der Waals surface area contributed by atoms with Gasteiger partial charge >= 0.3 is 0 Å². The van der Waals surface area contributed by atoms with Crippen molar-refractivity contribution in [1.82, 2.24) is 9.80 Å². The molecule has 0 saturated carbocycles. The van der Waals surface area contributed by atoms with Crippen LogP contribution in [0, 0.1) is 0 Å². The monoisotopic (exact) mass is 604 g/mol. The van der Waals surface area contributed by atoms with Crippen LogP contribution < -0.4 is 4.74 Å². The van der Waals surface area contributed by atoms with Gasteiger partial charge in [0, 0.05) is 43.7 Å². The van der Waals surface area contributed by atoms with Crippen LogP contribution in [0.5, 0.6) is 11.5 Å². The fourth-order valence-electron chi connectivity index (χ4n) is 5.66. The second-order valence-electron chi connectivity index (χ2n) is 10.5. The minimum atomic E-state index is -0.0127. The molecule has 0 bridgehead atoms. The zero-order valence-electron chi connectivity index (χ0n) is 22.0. The Hall–Kier alpha value is -2.71. The molecule has 2 fully saturated rings. The smallest absolute Gasteiger partial charge is 0.195 e. The Balaban J connectivity index is 1.27. The highest BCUT2D eigenvalue weighted by Gasteiger charge is 2.23. The van der Waals surface area contributed by atoms with Crippen LogP contribution in [0.4, 0.5) is 0 Å². The van der Waals surface area contributed by atoms with Gasteiger partial charge in [0.25, 0.3) is 0 Å². The third-order valence-corrected chi connectivity index (χ3v) is 9.74. The van der Waals surface area contributed by atoms with Crippen molar-refractivity contribution >= 4 is 43.1 Å². The molecule has 0 amide bonds. The fourth-order valence-corrected chi connectivity index (χ4v) is 7.40. The first kappa shape index (κ1) is 26.5. The topological polar surface area (TPSA) is 53.0 Å². The predicted octanol–water partition coefficient (Wildman–Crippen LogP) is 7.34. The molecule has 1 N–H and O–H groups in total. The molecule has 202 valence electrons. The van der Waals surface area contributed by atoms with Gasteiger partial charge in [-0.15, -0.1) is 11.3 Å². The fraction of sp³-hybridized carbons (Fsp3) is 0.344. The summed E-state index contributed by atoms with van der Waals surface area (Å²) in [6, 6.07) is 19.3. The molecule has 5 nitrogen and oxygen atoms in total. The van der Waals surface area contributed by atoms with Crippen molar-refractivity contribution in [3.8, 4) is 21.9 Å². The second-order valence-corrected chi connectivity index (χ2v) is 12.4. The third-order valence-electron chi connectivity index (χ3n) is 7.80. The Morgan fingerprint density at radius 1 is 0.897 bits per heavy atom. The van der Waals surface area contributed by atoms with Crippen molar-refractivity contribution in [2.75, 3.05) is 39.3 Å². The van der Waals surface area contributed by atoms with E-state index in [-0.39, 0.29) is 11.5 Å². The van der Waals surface area contributed by atoms with Crippen LogP contribution in [0.1, 0.15) is 47.2 Å². The summed E-state index contributed by atoms with van der Waals surface area (Å²) in [6.45, 7) is 7.11. The van der Waals surface area contributed by atoms with Gasteiger partial charge in [-0.1, -0.05) is 28.1 Å². The normalized spacial score (nSPS) is 16.3. The number of fused-ring (bicyclic) bond motifs is 1. The van der Waals surface area contributed by atoms with Gasteiger partial charge in [0.05, 0.1) is 0 Å². The van der Waals surface area contributed by atoms with Crippen LogP contribution in [0.25, 0.3) is 20.5 Å². The summed E-state index contributed by atoms with van der Waals surface area (Å²) in [7, 11) is 0. The summed E-state index contributed by atoms with van der Waals surface area (Å²) < 4.78 is 7.87. The van der Waals surface area contributed by atoms with E-state index in [1.165, 1.54) is 55.7 Å². The molecule has 1 aromatic heterocycles. The highest BCUT2D eigenvalue weighted by Crippen LogP contribution is 2.41. The lowest BCUT2D eigenvalue weighted by atomic mass is 9.97. The van der Waals surface area contributed by atoms with Crippen molar-refractivity contribution in [1.29, 1.82) is 0 Å². The largest absolute Gasteiger partial charge is 0.508 e. The van der Waals surface area contributed by atoms with Gasteiger partial charge in [0.15, 0.2) is 5.78 Å². The Morgan fingerprint density at radius 2 is 1.62 bits per heavy atom. The molecular weight excluding hydrogens is 572 g/mol. The van der Waals surface area contributed by atoms with Gasteiger partial charge in [-0.25, -0.2) is 0 Å². The molecule has 39 heavy (non-hydrogen) atoms. The van der Waals surface area contributed by atoms with Crippen LogP contribution in [-0.2, 0) is 6.54 Å². The average Bonchev–Trinajstić information content (AvgIpc) is 3.71. The van der Waals surface area contributed by atoms with E-state index in [1.807, 2.05) is 42.5 Å². The van der Waals surface area contributed by atoms with Crippen LogP contribution in [0.15, 0.2) is 65.1 Å². The number of likely N-dealkylation sites (tertiary alicyclic amines) is 2. The number of aromatic hydroxyl groups is 1. The molecule has 3 aromatic carbocycles. The molecule has 0 atom stereocenters. The van der Waals surface area contributed by atoms with Crippen molar-refractivity contribution in [2.45, 2.75) is 32.2 Å². The molecule has 0 unspecified atom stereocenters. The molecule has 7 heteroatoms. The van der Waals surface area contributed by atoms with Gasteiger partial charge in [0.2, 0.25) is 0 Å². The van der Waals surface area contributed by atoms with E-state index in [2.05, 4.69) is 31.8 Å². The van der Waals surface area contributed by atoms with Gasteiger partial charge in [-0.05, 0) is 112 Å². The lowest BCUT2D eigenvalue weighted by molar-refractivity contribution is 0.104. The van der Waals surface area contributed by atoms with Gasteiger partial charge in [0.1, 0.15) is 18.1 Å². The number of nitrogens with zero attached hydrogens (tertiary/aromatic N) is 2. The number of ether oxygens (including phenoxy) is 1. The van der Waals surface area contributed by atoms with Gasteiger partial charge in [-0.2, -0.15) is 0 Å². The SMILES string of the molecule is O=C(c1ccc(CN2CCCC2)c(Br)c1)c1c(-c2ccc(OCCN3CCCC3)cc2)sc2cc(O)ccc12. The zero-order valence-corrected chi connectivity index (χ0v) is 24.4. The summed E-state index contributed by atoms with van der Waals surface area (Å²) in [5.74, 6) is 1.02. The maximum atomic E-state index is 14.0. The molecule has 2 saturated heterocycles. The molecule has 0 radical (unpaired) electrons. The van der Waals surface area contributed by atoms with Crippen LogP contribution in [-0.4, -0.2) is 60.0 Å². The van der Waals surface area contributed by atoms with E-state index in [0.29, 0.717) is 17.7 Å². The number of carbonyl (C=O) groups is 1. The number of phenols is 1. The predicted molar refractivity (Wildman–Crippen MR) is 162 cm³/mol. The van der Waals surface area contributed by atoms with E-state index in [1.54, 1.807) is 12.1 Å². The van der Waals surface area contributed by atoms with Crippen LogP contribution >= 0.6 is 27.3 Å². The van der Waals surface area contributed by atoms with Crippen molar-refractivity contribution in [3.05, 3.63) is 81.8 Å². The highest BCUT2D eigenvalue weighted by atomic mass is 79.9. The Labute approximate surface area is 242 Å². The Bertz CT molecular complexity index is 1470. The van der Waals surface area contributed by atoms with Crippen LogP contribution in [0.2, 0.25) is 0 Å². The Morgan fingerprint density at radius 3 is 2.33 bits per heavy atom. The Kier molecular flexibility index (Phi) is 8.02. The van der Waals surface area contributed by atoms with E-state index in [9.17, 15) is 9.90 Å². The molecule has 6 rings (SSSR count). The number of ketones is 1. The second kappa shape index (κ2) is 11.8. The molecule has 2 aliphatic rings. The summed E-state index contributed by atoms with van der Waals surface area (Å²) >= 11 is 5.27. The number of halogens is 1. The van der Waals surface area contributed by atoms with Gasteiger partial charge < -0.3 is 9.84 Å². The molecule has 3 heterocycles. The lowest BCUT2D eigenvalue weighted by Crippen LogP contribution is -2.25. The van der Waals surface area contributed by atoms with Crippen molar-refractivity contribution in [2.24, 2.45) is 0 Å². The maximum absolute atomic E-state index is 14.0. The van der Waals surface area contributed by atoms with E-state index >= 15 is 0 Å². The van der Waals surface area contributed by atoms with Crippen molar-refractivity contribution in [3.63, 3.8) is 0 Å². The first-order valence-electron chi connectivity index (χ1n) is 13.8. The summed E-state index contributed by atoms with van der Waals surface area (Å²) in [5.41, 5.74) is 3.50. The number of hydrogen-bond acceptors (Lipinski definition) is 6. The van der Waals surface area contributed by atoms with E-state index in [0.717, 1.165) is 56.9 Å². The number of thiophene rings is 1. The average molecular weight is 606 g/mol. The number of carbonyl (C=O) groups excluding carboxylic acids is 1. The van der Waals surface area contributed by atoms with Gasteiger partial charge in [-0.3, -0.25) is 14.6 Å². The molecule has 2 aliphatic heterocycles. The summed E-state index contributed by atoms with van der Waals surface area (Å²) in [6.07, 6.45) is 5.07. The molecular formula is C32H33BrN2O3S. The molecule has 0 aliphatic carbocycles. The standard InChI is InChI=1S/C32H33BrN2O3S/c33-28-19-23(5-6-24(28)21-35-15-3-4-16-35)31(37)30-27-12-9-25(36)20-29(27)39-32(30)22-7-10-26(11-8-22)38-18-17-34-13-1-2-14-34/h5-12,19-20,36H,1-4,13-18,21H2. The third kappa shape index (κ3) is 5.92. The first-order valence-corrected chi connectivity index (χ1v) is 15.4. The quantitative estimate of drug-likeness (QED) is 0.203. The minimum absolute atomic E-state index is 0.0127. The van der Waals surface area contributed by atoms with E-state index in [4.69, 9.17) is 4.74 Å². The molecule has 4 aromatic rings. The number of phenolic OH excluding ortho intramolecular Hbond substituents is 1. The first-order chi connectivity index (χ1) is 19.0. The van der Waals surface area contributed by atoms with E-state index < -0.39 is 0 Å². The highest BCUT2D eigenvalue weighted by molar-refractivity contribution is 9.10. The maximum Gasteiger partial charge on any atom is 0.195 e. The van der Waals surface area contributed by atoms with Crippen molar-refractivity contribution < 1.29 is 14.6 Å². The van der Waals surface area contributed by atoms with Crippen LogP contribution in [0.3, 0.4) is 0 Å². The minimum Gasteiger partial charge on any atom is -0.508 e.